The maximum Gasteiger partial charge on any atom is 0.276 e. The van der Waals surface area contributed by atoms with Gasteiger partial charge in [-0.3, -0.25) is 9.48 Å². The van der Waals surface area contributed by atoms with Crippen molar-refractivity contribution >= 4 is 34.7 Å². The van der Waals surface area contributed by atoms with Gasteiger partial charge in [-0.1, -0.05) is 23.7 Å². The van der Waals surface area contributed by atoms with Crippen LogP contribution in [0.3, 0.4) is 0 Å². The topological polar surface area (TPSA) is 59.8 Å². The number of hydrogen-bond donors (Lipinski definition) is 1. The molecule has 3 aromatic rings. The lowest BCUT2D eigenvalue weighted by Gasteiger charge is -1.98. The number of aryl methyl sites for hydroxylation is 1. The summed E-state index contributed by atoms with van der Waals surface area (Å²) in [5.74, 6) is 0.230. The van der Waals surface area contributed by atoms with Gasteiger partial charge in [-0.05, 0) is 12.1 Å². The van der Waals surface area contributed by atoms with Crippen molar-refractivity contribution in [2.24, 2.45) is 7.05 Å². The van der Waals surface area contributed by atoms with Crippen LogP contribution in [0.2, 0.25) is 5.02 Å². The molecule has 7 heteroatoms. The second-order valence-electron chi connectivity index (χ2n) is 4.37. The van der Waals surface area contributed by atoms with Gasteiger partial charge in [0, 0.05) is 35.3 Å². The van der Waals surface area contributed by atoms with Gasteiger partial charge in [-0.25, -0.2) is 4.98 Å². The Kier molecular flexibility index (Phi) is 3.72. The predicted molar refractivity (Wildman–Crippen MR) is 83.7 cm³/mol. The molecular formula is C14H11ClN4OS. The summed E-state index contributed by atoms with van der Waals surface area (Å²) in [6, 6.07) is 9.07. The van der Waals surface area contributed by atoms with Gasteiger partial charge in [-0.15, -0.1) is 11.3 Å². The summed E-state index contributed by atoms with van der Waals surface area (Å²) in [6.07, 6.45) is 1.76. The summed E-state index contributed by atoms with van der Waals surface area (Å²) in [5.41, 5.74) is 1.30. The van der Waals surface area contributed by atoms with Crippen LogP contribution < -0.4 is 5.32 Å². The highest BCUT2D eigenvalue weighted by molar-refractivity contribution is 7.13. The van der Waals surface area contributed by atoms with Crippen molar-refractivity contribution in [3.05, 3.63) is 52.6 Å². The molecule has 21 heavy (non-hydrogen) atoms. The number of anilines is 1. The van der Waals surface area contributed by atoms with Crippen LogP contribution in [0, 0.1) is 0 Å². The van der Waals surface area contributed by atoms with Gasteiger partial charge in [0.1, 0.15) is 10.7 Å². The number of carbonyl (C=O) groups is 1. The zero-order valence-corrected chi connectivity index (χ0v) is 12.6. The summed E-state index contributed by atoms with van der Waals surface area (Å²) in [5, 5.41) is 9.97. The lowest BCUT2D eigenvalue weighted by Crippen LogP contribution is -2.12. The normalized spacial score (nSPS) is 10.6. The molecule has 0 aliphatic rings. The van der Waals surface area contributed by atoms with Crippen molar-refractivity contribution in [2.45, 2.75) is 0 Å². The fraction of sp³-hybridized carbons (Fsp3) is 0.0714. The first-order valence-corrected chi connectivity index (χ1v) is 7.40. The van der Waals surface area contributed by atoms with Crippen molar-refractivity contribution < 1.29 is 4.79 Å². The number of nitrogens with one attached hydrogen (secondary N) is 1. The highest BCUT2D eigenvalue weighted by Gasteiger charge is 2.13. The number of halogens is 1. The van der Waals surface area contributed by atoms with Crippen LogP contribution in [0.1, 0.15) is 10.5 Å². The van der Waals surface area contributed by atoms with Gasteiger partial charge in [0.15, 0.2) is 5.82 Å². The monoisotopic (exact) mass is 318 g/mol. The first-order chi connectivity index (χ1) is 10.1. The third-order valence-electron chi connectivity index (χ3n) is 2.78. The highest BCUT2D eigenvalue weighted by Crippen LogP contribution is 2.25. The number of rotatable bonds is 3. The molecule has 2 aromatic heterocycles. The zero-order chi connectivity index (χ0) is 14.8. The van der Waals surface area contributed by atoms with Crippen LogP contribution in [0.15, 0.2) is 41.9 Å². The molecular weight excluding hydrogens is 308 g/mol. The smallest absolute Gasteiger partial charge is 0.276 e. The average Bonchev–Trinajstić information content (AvgIpc) is 3.09. The number of amides is 1. The number of nitrogens with zero attached hydrogens (tertiary/aromatic N) is 3. The Morgan fingerprint density at radius 2 is 2.05 bits per heavy atom. The molecule has 0 saturated carbocycles. The van der Waals surface area contributed by atoms with E-state index in [4.69, 9.17) is 11.6 Å². The van der Waals surface area contributed by atoms with E-state index in [1.54, 1.807) is 41.5 Å². The number of benzene rings is 1. The fourth-order valence-corrected chi connectivity index (χ4v) is 2.70. The van der Waals surface area contributed by atoms with E-state index in [0.29, 0.717) is 16.5 Å². The number of thiazole rings is 1. The quantitative estimate of drug-likeness (QED) is 0.804. The fourth-order valence-electron chi connectivity index (χ4n) is 1.77. The van der Waals surface area contributed by atoms with Gasteiger partial charge >= 0.3 is 0 Å². The molecule has 106 valence electrons. The van der Waals surface area contributed by atoms with Gasteiger partial charge in [0.05, 0.1) is 0 Å². The highest BCUT2D eigenvalue weighted by atomic mass is 35.5. The van der Waals surface area contributed by atoms with Gasteiger partial charge < -0.3 is 5.32 Å². The first kappa shape index (κ1) is 13.8. The van der Waals surface area contributed by atoms with Crippen LogP contribution in [0.5, 0.6) is 0 Å². The largest absolute Gasteiger partial charge is 0.304 e. The molecule has 3 rings (SSSR count). The maximum absolute atomic E-state index is 12.1. The Labute approximate surface area is 130 Å². The minimum absolute atomic E-state index is 0.273. The standard InChI is InChI=1S/C14H11ClN4OS/c1-19-7-6-12(18-19)17-13(20)11-8-21-14(16-11)9-2-4-10(15)5-3-9/h2-8H,1H3,(H,17,18,20). The molecule has 0 unspecified atom stereocenters. The number of hydrogen-bond acceptors (Lipinski definition) is 4. The molecule has 0 bridgehead atoms. The molecule has 1 N–H and O–H groups in total. The van der Waals surface area contributed by atoms with Crippen LogP contribution in [-0.2, 0) is 7.05 Å². The Morgan fingerprint density at radius 3 is 2.71 bits per heavy atom. The Morgan fingerprint density at radius 1 is 1.29 bits per heavy atom. The second-order valence-corrected chi connectivity index (χ2v) is 5.67. The minimum atomic E-state index is -0.273. The Bertz CT molecular complexity index is 778. The van der Waals surface area contributed by atoms with E-state index < -0.39 is 0 Å². The van der Waals surface area contributed by atoms with E-state index in [2.05, 4.69) is 15.4 Å². The lowest BCUT2D eigenvalue weighted by atomic mass is 10.2. The van der Waals surface area contributed by atoms with Crippen molar-refractivity contribution in [2.75, 3.05) is 5.32 Å². The van der Waals surface area contributed by atoms with Crippen LogP contribution in [0.4, 0.5) is 5.82 Å². The maximum atomic E-state index is 12.1. The van der Waals surface area contributed by atoms with Crippen LogP contribution in [-0.4, -0.2) is 20.7 Å². The number of aromatic nitrogens is 3. The van der Waals surface area contributed by atoms with Gasteiger partial charge in [-0.2, -0.15) is 5.10 Å². The summed E-state index contributed by atoms with van der Waals surface area (Å²) in [6.45, 7) is 0. The molecule has 0 spiro atoms. The van der Waals surface area contributed by atoms with Crippen LogP contribution in [0.25, 0.3) is 10.6 Å². The molecule has 0 atom stereocenters. The van der Waals surface area contributed by atoms with E-state index in [1.165, 1.54) is 11.3 Å². The first-order valence-electron chi connectivity index (χ1n) is 6.14. The van der Waals surface area contributed by atoms with Gasteiger partial charge in [0.25, 0.3) is 5.91 Å². The van der Waals surface area contributed by atoms with Crippen molar-refractivity contribution in [1.29, 1.82) is 0 Å². The molecule has 2 heterocycles. The molecule has 0 aliphatic carbocycles. The Hall–Kier alpha value is -2.18. The average molecular weight is 319 g/mol. The minimum Gasteiger partial charge on any atom is -0.304 e. The van der Waals surface area contributed by atoms with E-state index in [-0.39, 0.29) is 5.91 Å². The molecule has 0 fully saturated rings. The molecule has 0 aliphatic heterocycles. The third kappa shape index (κ3) is 3.12. The third-order valence-corrected chi connectivity index (χ3v) is 3.93. The van der Waals surface area contributed by atoms with E-state index >= 15 is 0 Å². The molecule has 0 saturated heterocycles. The molecule has 5 nitrogen and oxygen atoms in total. The second kappa shape index (κ2) is 5.67. The summed E-state index contributed by atoms with van der Waals surface area (Å²) in [7, 11) is 1.79. The predicted octanol–water partition coefficient (Wildman–Crippen LogP) is 3.45. The summed E-state index contributed by atoms with van der Waals surface area (Å²) >= 11 is 7.27. The SMILES string of the molecule is Cn1ccc(NC(=O)c2csc(-c3ccc(Cl)cc3)n2)n1. The van der Waals surface area contributed by atoms with Gasteiger partial charge in [0.2, 0.25) is 0 Å². The molecule has 1 aromatic carbocycles. The van der Waals surface area contributed by atoms with E-state index in [9.17, 15) is 4.79 Å². The summed E-state index contributed by atoms with van der Waals surface area (Å²) in [4.78, 5) is 16.4. The Balaban J connectivity index is 1.78. The lowest BCUT2D eigenvalue weighted by molar-refractivity contribution is 0.102. The van der Waals surface area contributed by atoms with Crippen molar-refractivity contribution in [3.8, 4) is 10.6 Å². The van der Waals surface area contributed by atoms with Crippen molar-refractivity contribution in [1.82, 2.24) is 14.8 Å². The zero-order valence-electron chi connectivity index (χ0n) is 11.1. The van der Waals surface area contributed by atoms with E-state index in [0.717, 1.165) is 10.6 Å². The van der Waals surface area contributed by atoms with Crippen LogP contribution >= 0.6 is 22.9 Å². The molecule has 0 radical (unpaired) electrons. The number of carbonyl (C=O) groups excluding carboxylic acids is 1. The molecule has 1 amide bonds. The van der Waals surface area contributed by atoms with E-state index in [1.807, 2.05) is 12.1 Å². The van der Waals surface area contributed by atoms with Crippen molar-refractivity contribution in [3.63, 3.8) is 0 Å². The summed E-state index contributed by atoms with van der Waals surface area (Å²) < 4.78 is 1.62.